The van der Waals surface area contributed by atoms with Crippen LogP contribution in [0.4, 0.5) is 0 Å². The third kappa shape index (κ3) is 2.64. The molecule has 0 aromatic heterocycles. The summed E-state index contributed by atoms with van der Waals surface area (Å²) in [7, 11) is 0. The minimum Gasteiger partial charge on any atom is -0.493 e. The summed E-state index contributed by atoms with van der Waals surface area (Å²) in [5, 5.41) is 3.36. The van der Waals surface area contributed by atoms with Gasteiger partial charge in [0.05, 0.1) is 12.6 Å². The van der Waals surface area contributed by atoms with Gasteiger partial charge in [0.25, 0.3) is 0 Å². The summed E-state index contributed by atoms with van der Waals surface area (Å²) >= 11 is 0. The van der Waals surface area contributed by atoms with Crippen LogP contribution >= 0.6 is 0 Å². The molecule has 0 spiro atoms. The zero-order chi connectivity index (χ0) is 13.1. The van der Waals surface area contributed by atoms with Gasteiger partial charge < -0.3 is 10.5 Å². The van der Waals surface area contributed by atoms with E-state index in [9.17, 15) is 4.79 Å². The summed E-state index contributed by atoms with van der Waals surface area (Å²) in [5.74, 6) is 0.778. The highest BCUT2D eigenvalue weighted by molar-refractivity contribution is 5.80. The number of carbonyl (C=O) groups is 1. The smallest absolute Gasteiger partial charge is 0.234 e. The summed E-state index contributed by atoms with van der Waals surface area (Å²) in [5.41, 5.74) is 6.55. The van der Waals surface area contributed by atoms with Crippen LogP contribution in [0.3, 0.4) is 0 Å². The van der Waals surface area contributed by atoms with E-state index in [1.165, 1.54) is 0 Å². The highest BCUT2D eigenvalue weighted by Gasteiger charge is 2.27. The molecule has 0 fully saturated rings. The first-order chi connectivity index (χ1) is 8.59. The van der Waals surface area contributed by atoms with Crippen LogP contribution in [0.1, 0.15) is 31.9 Å². The molecule has 0 saturated heterocycles. The summed E-state index contributed by atoms with van der Waals surface area (Å²) < 4.78 is 5.60. The second kappa shape index (κ2) is 5.40. The number of hydrogen-bond acceptors (Lipinski definition) is 3. The Balaban J connectivity index is 2.18. The molecule has 1 aromatic carbocycles. The van der Waals surface area contributed by atoms with E-state index in [2.05, 4.69) is 5.32 Å². The molecule has 2 atom stereocenters. The number of rotatable bonds is 4. The van der Waals surface area contributed by atoms with Crippen LogP contribution in [-0.4, -0.2) is 18.6 Å². The van der Waals surface area contributed by atoms with Crippen LogP contribution in [0.25, 0.3) is 0 Å². The summed E-state index contributed by atoms with van der Waals surface area (Å²) in [6, 6.07) is 7.75. The maximum absolute atomic E-state index is 11.5. The average Bonchev–Trinajstić information content (AvgIpc) is 2.35. The molecule has 1 heterocycles. The number of hydrogen-bond donors (Lipinski definition) is 2. The number of primary amides is 1. The molecule has 0 aliphatic carbocycles. The van der Waals surface area contributed by atoms with Crippen LogP contribution in [0.15, 0.2) is 24.3 Å². The molecule has 0 bridgehead atoms. The van der Waals surface area contributed by atoms with Crippen LogP contribution in [0, 0.1) is 5.92 Å². The Labute approximate surface area is 108 Å². The molecule has 4 heteroatoms. The fourth-order valence-corrected chi connectivity index (χ4v) is 2.34. The van der Waals surface area contributed by atoms with E-state index in [1.54, 1.807) is 0 Å². The van der Waals surface area contributed by atoms with Gasteiger partial charge in [0.15, 0.2) is 0 Å². The molecule has 0 radical (unpaired) electrons. The van der Waals surface area contributed by atoms with E-state index in [0.29, 0.717) is 6.61 Å². The van der Waals surface area contributed by atoms with Crippen molar-refractivity contribution in [2.45, 2.75) is 32.4 Å². The standard InChI is InChI=1S/C14H20N2O2/c1-9(2)13(14(15)17)16-11-7-8-18-12-6-4-3-5-10(11)12/h3-6,9,11,13,16H,7-8H2,1-2H3,(H2,15,17). The molecule has 4 nitrogen and oxygen atoms in total. The van der Waals surface area contributed by atoms with Crippen molar-refractivity contribution in [1.82, 2.24) is 5.32 Å². The molecule has 1 aromatic rings. The Hall–Kier alpha value is -1.55. The van der Waals surface area contributed by atoms with Gasteiger partial charge in [-0.15, -0.1) is 0 Å². The summed E-state index contributed by atoms with van der Waals surface area (Å²) in [4.78, 5) is 11.5. The second-order valence-corrected chi connectivity index (χ2v) is 5.02. The maximum atomic E-state index is 11.5. The Kier molecular flexibility index (Phi) is 3.87. The van der Waals surface area contributed by atoms with Gasteiger partial charge in [-0.05, 0) is 12.0 Å². The lowest BCUT2D eigenvalue weighted by Gasteiger charge is -2.30. The van der Waals surface area contributed by atoms with Crippen molar-refractivity contribution in [2.24, 2.45) is 11.7 Å². The highest BCUT2D eigenvalue weighted by atomic mass is 16.5. The number of amides is 1. The molecule has 1 aliphatic heterocycles. The van der Waals surface area contributed by atoms with Gasteiger partial charge in [0.1, 0.15) is 5.75 Å². The van der Waals surface area contributed by atoms with Gasteiger partial charge in [-0.3, -0.25) is 10.1 Å². The normalized spacial score (nSPS) is 20.1. The molecular formula is C14H20N2O2. The Morgan fingerprint density at radius 1 is 1.44 bits per heavy atom. The molecular weight excluding hydrogens is 228 g/mol. The fourth-order valence-electron chi connectivity index (χ4n) is 2.34. The Morgan fingerprint density at radius 2 is 2.17 bits per heavy atom. The van der Waals surface area contributed by atoms with Gasteiger partial charge in [-0.25, -0.2) is 0 Å². The lowest BCUT2D eigenvalue weighted by atomic mass is 9.96. The number of ether oxygens (including phenoxy) is 1. The monoisotopic (exact) mass is 248 g/mol. The molecule has 0 saturated carbocycles. The van der Waals surface area contributed by atoms with Crippen molar-refractivity contribution in [3.05, 3.63) is 29.8 Å². The molecule has 2 unspecified atom stereocenters. The summed E-state index contributed by atoms with van der Waals surface area (Å²) in [6.45, 7) is 4.65. The maximum Gasteiger partial charge on any atom is 0.234 e. The van der Waals surface area contributed by atoms with Crippen molar-refractivity contribution >= 4 is 5.91 Å². The van der Waals surface area contributed by atoms with Gasteiger partial charge in [0, 0.05) is 18.0 Å². The van der Waals surface area contributed by atoms with Gasteiger partial charge >= 0.3 is 0 Å². The second-order valence-electron chi connectivity index (χ2n) is 5.02. The lowest BCUT2D eigenvalue weighted by molar-refractivity contribution is -0.121. The number of carbonyl (C=O) groups excluding carboxylic acids is 1. The van der Waals surface area contributed by atoms with E-state index >= 15 is 0 Å². The SMILES string of the molecule is CC(C)C(NC1CCOc2ccccc21)C(N)=O. The third-order valence-corrected chi connectivity index (χ3v) is 3.31. The third-order valence-electron chi connectivity index (χ3n) is 3.31. The van der Waals surface area contributed by atoms with Crippen molar-refractivity contribution in [1.29, 1.82) is 0 Å². The number of benzene rings is 1. The Morgan fingerprint density at radius 3 is 2.83 bits per heavy atom. The number of nitrogens with two attached hydrogens (primary N) is 1. The van der Waals surface area contributed by atoms with E-state index in [-0.39, 0.29) is 23.9 Å². The molecule has 3 N–H and O–H groups in total. The van der Waals surface area contributed by atoms with Gasteiger partial charge in [0.2, 0.25) is 5.91 Å². The fraction of sp³-hybridized carbons (Fsp3) is 0.500. The predicted octanol–water partition coefficient (Wildman–Crippen LogP) is 1.61. The molecule has 18 heavy (non-hydrogen) atoms. The van der Waals surface area contributed by atoms with Crippen LogP contribution < -0.4 is 15.8 Å². The minimum absolute atomic E-state index is 0.134. The van der Waals surface area contributed by atoms with Gasteiger partial charge in [-0.1, -0.05) is 32.0 Å². The first-order valence-corrected chi connectivity index (χ1v) is 6.36. The van der Waals surface area contributed by atoms with Crippen molar-refractivity contribution in [3.8, 4) is 5.75 Å². The zero-order valence-corrected chi connectivity index (χ0v) is 10.8. The Bertz CT molecular complexity index is 432. The number of nitrogens with one attached hydrogen (secondary N) is 1. The summed E-state index contributed by atoms with van der Waals surface area (Å²) in [6.07, 6.45) is 0.855. The predicted molar refractivity (Wildman–Crippen MR) is 70.3 cm³/mol. The zero-order valence-electron chi connectivity index (χ0n) is 10.8. The van der Waals surface area contributed by atoms with Crippen LogP contribution in [0.2, 0.25) is 0 Å². The first kappa shape index (κ1) is 12.9. The highest BCUT2D eigenvalue weighted by Crippen LogP contribution is 2.32. The number of fused-ring (bicyclic) bond motifs is 1. The van der Waals surface area contributed by atoms with E-state index < -0.39 is 0 Å². The molecule has 1 amide bonds. The minimum atomic E-state index is -0.304. The lowest BCUT2D eigenvalue weighted by Crippen LogP contribution is -2.47. The van der Waals surface area contributed by atoms with E-state index in [0.717, 1.165) is 17.7 Å². The van der Waals surface area contributed by atoms with E-state index in [1.807, 2.05) is 38.1 Å². The van der Waals surface area contributed by atoms with Crippen molar-refractivity contribution in [3.63, 3.8) is 0 Å². The van der Waals surface area contributed by atoms with Crippen LogP contribution in [-0.2, 0) is 4.79 Å². The van der Waals surface area contributed by atoms with Gasteiger partial charge in [-0.2, -0.15) is 0 Å². The molecule has 98 valence electrons. The first-order valence-electron chi connectivity index (χ1n) is 6.36. The quantitative estimate of drug-likeness (QED) is 0.851. The number of para-hydroxylation sites is 1. The largest absolute Gasteiger partial charge is 0.493 e. The van der Waals surface area contributed by atoms with Crippen LogP contribution in [0.5, 0.6) is 5.75 Å². The van der Waals surface area contributed by atoms with Crippen molar-refractivity contribution < 1.29 is 9.53 Å². The average molecular weight is 248 g/mol. The molecule has 2 rings (SSSR count). The topological polar surface area (TPSA) is 64.3 Å². The molecule has 1 aliphatic rings. The van der Waals surface area contributed by atoms with E-state index in [4.69, 9.17) is 10.5 Å². The van der Waals surface area contributed by atoms with Crippen molar-refractivity contribution in [2.75, 3.05) is 6.61 Å².